The molecule has 0 aromatic carbocycles. The van der Waals surface area contributed by atoms with Gasteiger partial charge in [-0.3, -0.25) is 0 Å². The summed E-state index contributed by atoms with van der Waals surface area (Å²) >= 11 is 0. The molecule has 0 fully saturated rings. The van der Waals surface area contributed by atoms with E-state index < -0.39 is 0 Å². The average Bonchev–Trinajstić information content (AvgIpc) is 2.59. The van der Waals surface area contributed by atoms with Crippen molar-refractivity contribution in [3.05, 3.63) is 36.5 Å². The fraction of sp³-hybridized carbons (Fsp3) is 0.750. The van der Waals surface area contributed by atoms with Crippen LogP contribution >= 0.6 is 0 Å². The van der Waals surface area contributed by atoms with Crippen LogP contribution in [0.15, 0.2) is 36.5 Å². The maximum Gasteiger partial charge on any atom is -0.0348 e. The smallest absolute Gasteiger partial charge is 0.0348 e. The summed E-state index contributed by atoms with van der Waals surface area (Å²) in [5.74, 6) is 0. The van der Waals surface area contributed by atoms with Crippen LogP contribution in [0.5, 0.6) is 0 Å². The van der Waals surface area contributed by atoms with Crippen molar-refractivity contribution in [2.24, 2.45) is 0 Å². The molecule has 0 nitrogen and oxygen atoms in total. The highest BCUT2D eigenvalue weighted by Gasteiger charge is 1.94. The molecule has 138 valence electrons. The van der Waals surface area contributed by atoms with Crippen LogP contribution in [0.1, 0.15) is 116 Å². The Morgan fingerprint density at radius 2 is 0.500 bits per heavy atom. The van der Waals surface area contributed by atoms with Crippen LogP contribution in [-0.2, 0) is 0 Å². The molecular formula is C24H42. The third-order valence-corrected chi connectivity index (χ3v) is 5.10. The molecule has 0 bridgehead atoms. The number of hydrogen-bond donors (Lipinski definition) is 0. The standard InChI is InChI=1S/C24H42/c1-2-4-6-8-10-12-14-16-18-20-22-24-23-21-19-17-15-13-11-9-7-5-3-1/h1-6H,7-24H2. The lowest BCUT2D eigenvalue weighted by Crippen LogP contribution is -1.84. The first-order chi connectivity index (χ1) is 12.0. The average molecular weight is 331 g/mol. The second kappa shape index (κ2) is 18.6. The Morgan fingerprint density at radius 1 is 0.250 bits per heavy atom. The molecular weight excluding hydrogens is 288 g/mol. The second-order valence-electron chi connectivity index (χ2n) is 7.48. The minimum Gasteiger partial charge on any atom is -0.0845 e. The summed E-state index contributed by atoms with van der Waals surface area (Å²) in [4.78, 5) is 0. The Hall–Kier alpha value is -0.780. The summed E-state index contributed by atoms with van der Waals surface area (Å²) in [6, 6.07) is 0. The van der Waals surface area contributed by atoms with E-state index in [1.165, 1.54) is 116 Å². The van der Waals surface area contributed by atoms with Gasteiger partial charge in [0.15, 0.2) is 0 Å². The summed E-state index contributed by atoms with van der Waals surface area (Å²) < 4.78 is 0. The normalized spacial score (nSPS) is 22.0. The molecule has 1 aliphatic carbocycles. The van der Waals surface area contributed by atoms with Crippen molar-refractivity contribution in [1.29, 1.82) is 0 Å². The fourth-order valence-corrected chi connectivity index (χ4v) is 3.48. The lowest BCUT2D eigenvalue weighted by Gasteiger charge is -2.03. The molecule has 0 aromatic heterocycles. The van der Waals surface area contributed by atoms with E-state index in [4.69, 9.17) is 0 Å². The summed E-state index contributed by atoms with van der Waals surface area (Å²) in [7, 11) is 0. The summed E-state index contributed by atoms with van der Waals surface area (Å²) in [6.45, 7) is 0. The van der Waals surface area contributed by atoms with Gasteiger partial charge in [-0.15, -0.1) is 0 Å². The molecule has 0 N–H and O–H groups in total. The second-order valence-corrected chi connectivity index (χ2v) is 7.48. The Morgan fingerprint density at radius 3 is 0.792 bits per heavy atom. The molecule has 1 aliphatic rings. The predicted octanol–water partition coefficient (Wildman–Crippen LogP) is 8.69. The van der Waals surface area contributed by atoms with Gasteiger partial charge in [-0.05, 0) is 25.7 Å². The first-order valence-electron chi connectivity index (χ1n) is 11.0. The van der Waals surface area contributed by atoms with Crippen molar-refractivity contribution < 1.29 is 0 Å². The van der Waals surface area contributed by atoms with E-state index in [1.54, 1.807) is 0 Å². The Balaban J connectivity index is 2.15. The van der Waals surface area contributed by atoms with Crippen LogP contribution in [0, 0.1) is 0 Å². The maximum atomic E-state index is 2.32. The molecule has 0 heterocycles. The van der Waals surface area contributed by atoms with Crippen molar-refractivity contribution in [2.75, 3.05) is 0 Å². The van der Waals surface area contributed by atoms with Crippen LogP contribution in [-0.4, -0.2) is 0 Å². The Bertz CT molecular complexity index is 289. The molecule has 24 heavy (non-hydrogen) atoms. The van der Waals surface area contributed by atoms with Gasteiger partial charge in [0.1, 0.15) is 0 Å². The minimum absolute atomic E-state index is 1.24. The van der Waals surface area contributed by atoms with Gasteiger partial charge in [0, 0.05) is 0 Å². The van der Waals surface area contributed by atoms with Crippen molar-refractivity contribution in [3.8, 4) is 0 Å². The fourth-order valence-electron chi connectivity index (χ4n) is 3.48. The van der Waals surface area contributed by atoms with E-state index in [9.17, 15) is 0 Å². The van der Waals surface area contributed by atoms with Crippen LogP contribution in [0.4, 0.5) is 0 Å². The van der Waals surface area contributed by atoms with Crippen molar-refractivity contribution in [1.82, 2.24) is 0 Å². The Kier molecular flexibility index (Phi) is 16.4. The SMILES string of the molecule is C1=CC=CCCCCCCCCCCCCCCCCCCC=C1. The molecule has 0 aromatic rings. The number of rotatable bonds is 0. The monoisotopic (exact) mass is 330 g/mol. The molecule has 0 aliphatic heterocycles. The summed E-state index contributed by atoms with van der Waals surface area (Å²) in [5, 5.41) is 0. The lowest BCUT2D eigenvalue weighted by atomic mass is 10.0. The largest absolute Gasteiger partial charge is 0.0845 e. The molecule has 0 spiro atoms. The third kappa shape index (κ3) is 16.1. The highest BCUT2D eigenvalue weighted by Crippen LogP contribution is 2.14. The zero-order valence-electron chi connectivity index (χ0n) is 16.2. The zero-order valence-corrected chi connectivity index (χ0v) is 16.2. The molecule has 0 radical (unpaired) electrons. The quantitative estimate of drug-likeness (QED) is 0.416. The Labute approximate surface area is 152 Å². The van der Waals surface area contributed by atoms with Crippen LogP contribution in [0.2, 0.25) is 0 Å². The van der Waals surface area contributed by atoms with E-state index in [2.05, 4.69) is 36.5 Å². The van der Waals surface area contributed by atoms with E-state index in [0.717, 1.165) is 0 Å². The molecule has 0 saturated carbocycles. The van der Waals surface area contributed by atoms with E-state index in [-0.39, 0.29) is 0 Å². The van der Waals surface area contributed by atoms with Gasteiger partial charge < -0.3 is 0 Å². The molecule has 0 amide bonds. The first kappa shape index (κ1) is 21.3. The van der Waals surface area contributed by atoms with E-state index >= 15 is 0 Å². The molecule has 0 heteroatoms. The molecule has 0 unspecified atom stereocenters. The molecule has 0 atom stereocenters. The summed E-state index contributed by atoms with van der Waals surface area (Å²) in [5.41, 5.74) is 0. The van der Waals surface area contributed by atoms with Gasteiger partial charge in [0.05, 0.1) is 0 Å². The van der Waals surface area contributed by atoms with Gasteiger partial charge in [0.2, 0.25) is 0 Å². The van der Waals surface area contributed by atoms with Gasteiger partial charge in [0.25, 0.3) is 0 Å². The number of hydrogen-bond acceptors (Lipinski definition) is 0. The number of allylic oxidation sites excluding steroid dienone is 6. The zero-order chi connectivity index (χ0) is 17.0. The van der Waals surface area contributed by atoms with Crippen LogP contribution in [0.25, 0.3) is 0 Å². The molecule has 0 saturated heterocycles. The first-order valence-corrected chi connectivity index (χ1v) is 11.0. The van der Waals surface area contributed by atoms with Gasteiger partial charge >= 0.3 is 0 Å². The van der Waals surface area contributed by atoms with Gasteiger partial charge in [-0.25, -0.2) is 0 Å². The van der Waals surface area contributed by atoms with Crippen LogP contribution in [0.3, 0.4) is 0 Å². The van der Waals surface area contributed by atoms with Gasteiger partial charge in [-0.2, -0.15) is 0 Å². The summed E-state index contributed by atoms with van der Waals surface area (Å²) in [6.07, 6.45) is 39.0. The highest BCUT2D eigenvalue weighted by molar-refractivity contribution is 5.10. The highest BCUT2D eigenvalue weighted by atomic mass is 14.0. The lowest BCUT2D eigenvalue weighted by molar-refractivity contribution is 0.528. The van der Waals surface area contributed by atoms with Crippen molar-refractivity contribution in [2.45, 2.75) is 116 Å². The minimum atomic E-state index is 1.24. The van der Waals surface area contributed by atoms with Crippen molar-refractivity contribution >= 4 is 0 Å². The topological polar surface area (TPSA) is 0 Å². The van der Waals surface area contributed by atoms with Crippen LogP contribution < -0.4 is 0 Å². The van der Waals surface area contributed by atoms with E-state index in [1.807, 2.05) is 0 Å². The van der Waals surface area contributed by atoms with Crippen molar-refractivity contribution in [3.63, 3.8) is 0 Å². The maximum absolute atomic E-state index is 2.32. The van der Waals surface area contributed by atoms with E-state index in [0.29, 0.717) is 0 Å². The third-order valence-electron chi connectivity index (χ3n) is 5.10. The van der Waals surface area contributed by atoms with Gasteiger partial charge in [-0.1, -0.05) is 126 Å². The molecule has 1 rings (SSSR count). The predicted molar refractivity (Wildman–Crippen MR) is 111 cm³/mol.